The molecule has 7 heteroatoms. The number of hydrogen-bond acceptors (Lipinski definition) is 6. The summed E-state index contributed by atoms with van der Waals surface area (Å²) < 4.78 is 9.27. The predicted molar refractivity (Wildman–Crippen MR) is 208 cm³/mol. The number of rotatable bonds is 12. The number of ether oxygens (including phenoxy) is 1. The first-order valence-corrected chi connectivity index (χ1v) is 20.6. The number of hydrogen-bond donors (Lipinski definition) is 0. The summed E-state index contributed by atoms with van der Waals surface area (Å²) in [6.07, 6.45) is 20.7. The van der Waals surface area contributed by atoms with Crippen molar-refractivity contribution in [3.63, 3.8) is 0 Å². The quantitative estimate of drug-likeness (QED) is 0.109. The maximum Gasteiger partial charge on any atom is 0.262 e. The largest absolute Gasteiger partial charge is 0.497 e. The zero-order valence-corrected chi connectivity index (χ0v) is 30.9. The summed E-state index contributed by atoms with van der Waals surface area (Å²) in [5, 5.41) is 5.32. The topological polar surface area (TPSA) is 16.4 Å². The molecule has 2 aliphatic rings. The van der Waals surface area contributed by atoms with E-state index in [4.69, 9.17) is 4.74 Å². The molecule has 46 heavy (non-hydrogen) atoms. The van der Waals surface area contributed by atoms with Gasteiger partial charge in [-0.3, -0.25) is 0 Å². The monoisotopic (exact) mass is 685 g/mol. The van der Waals surface area contributed by atoms with Crippen LogP contribution in [0.25, 0.3) is 27.1 Å². The first kappa shape index (κ1) is 33.3. The van der Waals surface area contributed by atoms with Crippen LogP contribution in [0.15, 0.2) is 100.0 Å². The van der Waals surface area contributed by atoms with Crippen LogP contribution in [0.4, 0.5) is 5.69 Å². The van der Waals surface area contributed by atoms with Crippen molar-refractivity contribution in [3.8, 4) is 5.75 Å². The van der Waals surface area contributed by atoms with Gasteiger partial charge in [0, 0.05) is 36.1 Å². The Morgan fingerprint density at radius 1 is 1.00 bits per heavy atom. The van der Waals surface area contributed by atoms with Gasteiger partial charge >= 0.3 is 0 Å². The van der Waals surface area contributed by atoms with Gasteiger partial charge in [0.25, 0.3) is 5.01 Å². The molecule has 0 saturated carbocycles. The summed E-state index contributed by atoms with van der Waals surface area (Å²) in [4.78, 5) is 3.97. The highest BCUT2D eigenvalue weighted by atomic mass is 32.2. The van der Waals surface area contributed by atoms with Crippen molar-refractivity contribution in [2.24, 2.45) is 5.41 Å². The van der Waals surface area contributed by atoms with Gasteiger partial charge in [-0.2, -0.15) is 28.1 Å². The number of anilines is 1. The van der Waals surface area contributed by atoms with Gasteiger partial charge in [0.15, 0.2) is 6.54 Å². The molecule has 4 aromatic rings. The Kier molecular flexibility index (Phi) is 10.9. The zero-order chi connectivity index (χ0) is 32.1. The lowest BCUT2D eigenvalue weighted by Gasteiger charge is -2.31. The minimum absolute atomic E-state index is 0.208. The second kappa shape index (κ2) is 15.1. The molecule has 0 unspecified atom stereocenters. The number of benzene rings is 3. The number of methoxy groups -OCH3 is 1. The van der Waals surface area contributed by atoms with E-state index in [-0.39, 0.29) is 5.41 Å². The van der Waals surface area contributed by atoms with Crippen molar-refractivity contribution >= 4 is 79.4 Å². The summed E-state index contributed by atoms with van der Waals surface area (Å²) >= 11 is 7.65. The molecule has 6 rings (SSSR count). The molecule has 3 nitrogen and oxygen atoms in total. The van der Waals surface area contributed by atoms with Crippen molar-refractivity contribution in [2.45, 2.75) is 51.0 Å². The minimum Gasteiger partial charge on any atom is -0.497 e. The van der Waals surface area contributed by atoms with Crippen molar-refractivity contribution < 1.29 is 9.30 Å². The lowest BCUT2D eigenvalue weighted by atomic mass is 9.75. The molecule has 1 aromatic heterocycles. The van der Waals surface area contributed by atoms with Gasteiger partial charge in [-0.15, -0.1) is 0 Å². The Hall–Kier alpha value is -2.58. The third-order valence-electron chi connectivity index (χ3n) is 8.62. The molecule has 240 valence electrons. The molecular weight excluding hydrogens is 641 g/mol. The van der Waals surface area contributed by atoms with Crippen LogP contribution in [0.3, 0.4) is 0 Å². The van der Waals surface area contributed by atoms with Gasteiger partial charge in [0.05, 0.1) is 17.8 Å². The number of thioether (sulfide) groups is 3. The van der Waals surface area contributed by atoms with Gasteiger partial charge in [-0.1, -0.05) is 85.5 Å². The van der Waals surface area contributed by atoms with Crippen LogP contribution in [0.2, 0.25) is 0 Å². The molecule has 0 fully saturated rings. The first-order valence-electron chi connectivity index (χ1n) is 16.1. The third-order valence-corrected chi connectivity index (χ3v) is 12.3. The Morgan fingerprint density at radius 3 is 2.65 bits per heavy atom. The maximum atomic E-state index is 5.53. The molecular formula is C39H45N2OS4+. The summed E-state index contributed by atoms with van der Waals surface area (Å²) in [5.41, 5.74) is 5.68. The van der Waals surface area contributed by atoms with E-state index >= 15 is 0 Å². The van der Waals surface area contributed by atoms with Gasteiger partial charge in [-0.05, 0) is 88.8 Å². The second-order valence-corrected chi connectivity index (χ2v) is 16.9. The van der Waals surface area contributed by atoms with E-state index in [1.807, 2.05) is 46.6 Å². The maximum absolute atomic E-state index is 5.53. The molecule has 1 aliphatic carbocycles. The highest BCUT2D eigenvalue weighted by molar-refractivity contribution is 8.04. The minimum atomic E-state index is 0.208. The predicted octanol–water partition coefficient (Wildman–Crippen LogP) is 11.0. The number of thiazole rings is 1. The summed E-state index contributed by atoms with van der Waals surface area (Å²) in [5.74, 6) is 3.26. The number of aryl methyl sites for hydroxylation is 1. The highest BCUT2D eigenvalue weighted by Crippen LogP contribution is 2.50. The van der Waals surface area contributed by atoms with E-state index in [2.05, 4.69) is 121 Å². The van der Waals surface area contributed by atoms with Crippen LogP contribution in [-0.4, -0.2) is 37.7 Å². The Labute approximate surface area is 291 Å². The van der Waals surface area contributed by atoms with Gasteiger partial charge in [-0.25, -0.2) is 0 Å². The van der Waals surface area contributed by atoms with E-state index in [9.17, 15) is 0 Å². The lowest BCUT2D eigenvalue weighted by Crippen LogP contribution is -2.35. The summed E-state index contributed by atoms with van der Waals surface area (Å²) in [6.45, 7) is 6.90. The molecule has 0 N–H and O–H groups in total. The molecule has 0 atom stereocenters. The second-order valence-electron chi connectivity index (χ2n) is 12.8. The van der Waals surface area contributed by atoms with E-state index < -0.39 is 0 Å². The normalized spacial score (nSPS) is 17.9. The Bertz CT molecular complexity index is 1830. The van der Waals surface area contributed by atoms with Crippen LogP contribution in [0.5, 0.6) is 5.75 Å². The molecule has 0 amide bonds. The molecule has 0 bridgehead atoms. The van der Waals surface area contributed by atoms with Crippen molar-refractivity contribution in [1.29, 1.82) is 0 Å². The van der Waals surface area contributed by atoms with E-state index in [1.54, 1.807) is 7.11 Å². The van der Waals surface area contributed by atoms with Crippen LogP contribution in [0.1, 0.15) is 44.5 Å². The Morgan fingerprint density at radius 2 is 1.83 bits per heavy atom. The van der Waals surface area contributed by atoms with Crippen LogP contribution < -0.4 is 14.2 Å². The number of aromatic nitrogens is 1. The van der Waals surface area contributed by atoms with Crippen molar-refractivity contribution in [2.75, 3.05) is 42.6 Å². The number of allylic oxidation sites excluding steroid dienone is 6. The molecule has 0 spiro atoms. The first-order chi connectivity index (χ1) is 22.4. The van der Waals surface area contributed by atoms with E-state index in [1.165, 1.54) is 70.7 Å². The fourth-order valence-electron chi connectivity index (χ4n) is 6.59. The fraction of sp³-hybridized carbons (Fsp3) is 0.359. The lowest BCUT2D eigenvalue weighted by molar-refractivity contribution is -0.668. The molecule has 0 saturated heterocycles. The SMILES string of the molecule is COc1ccc2c(c1)sc(/C=C/C=C1C=C(/C=C3\Sc4c(ccc5ccccc45)N3CCCSC)CC(C)(C)C/1)[n+]2CCCSC. The molecule has 2 heterocycles. The average molecular weight is 686 g/mol. The Balaban J connectivity index is 1.30. The van der Waals surface area contributed by atoms with E-state index in [0.29, 0.717) is 0 Å². The zero-order valence-electron chi connectivity index (χ0n) is 27.7. The van der Waals surface area contributed by atoms with Gasteiger partial charge in [0.1, 0.15) is 10.4 Å². The van der Waals surface area contributed by atoms with E-state index in [0.717, 1.165) is 38.1 Å². The van der Waals surface area contributed by atoms with Gasteiger partial charge < -0.3 is 9.64 Å². The fourth-order valence-corrected chi connectivity index (χ4v) is 9.85. The summed E-state index contributed by atoms with van der Waals surface area (Å²) in [6, 6.07) is 19.9. The smallest absolute Gasteiger partial charge is 0.262 e. The highest BCUT2D eigenvalue weighted by Gasteiger charge is 2.29. The van der Waals surface area contributed by atoms with Crippen molar-refractivity contribution in [3.05, 3.63) is 100 Å². The number of fused-ring (bicyclic) bond motifs is 4. The third kappa shape index (κ3) is 7.59. The van der Waals surface area contributed by atoms with Gasteiger partial charge in [0.2, 0.25) is 5.52 Å². The van der Waals surface area contributed by atoms with Crippen molar-refractivity contribution in [1.82, 2.24) is 0 Å². The molecule has 3 aromatic carbocycles. The number of nitrogens with zero attached hydrogens (tertiary/aromatic N) is 2. The van der Waals surface area contributed by atoms with Crippen LogP contribution in [0, 0.1) is 5.41 Å². The molecule has 0 radical (unpaired) electrons. The molecule has 1 aliphatic heterocycles. The average Bonchev–Trinajstić information content (AvgIpc) is 3.57. The van der Waals surface area contributed by atoms with Crippen LogP contribution >= 0.6 is 46.6 Å². The standard InChI is InChI=1S/C39H45N2OS4/c1-39(2)26-28(11-8-14-36-40(19-9-21-43-4)33-18-16-31(42-3)25-35(33)45-36)23-29(27-39)24-37-41(20-10-22-44-5)34-17-15-30-12-6-7-13-32(30)38(34)46-37/h6-8,11-18,23-25H,9-10,19-22,26-27H2,1-5H3/q+1. The van der Waals surface area contributed by atoms with Crippen LogP contribution in [-0.2, 0) is 6.54 Å². The summed E-state index contributed by atoms with van der Waals surface area (Å²) in [7, 11) is 1.74.